The number of hydrogen-bond acceptors (Lipinski definition) is 4. The van der Waals surface area contributed by atoms with Gasteiger partial charge in [0.15, 0.2) is 0 Å². The molecule has 0 aromatic rings. The first-order valence-corrected chi connectivity index (χ1v) is 6.47. The summed E-state index contributed by atoms with van der Waals surface area (Å²) < 4.78 is 0. The van der Waals surface area contributed by atoms with Crippen molar-refractivity contribution in [2.45, 2.75) is 52.6 Å². The van der Waals surface area contributed by atoms with Gasteiger partial charge in [0, 0.05) is 24.8 Å². The molecule has 2 aliphatic rings. The van der Waals surface area contributed by atoms with Gasteiger partial charge in [-0.15, -0.1) is 0 Å². The number of likely N-dealkylation sites (tertiary alicyclic amines) is 1. The summed E-state index contributed by atoms with van der Waals surface area (Å²) in [6, 6.07) is 0. The Morgan fingerprint density at radius 3 is 2.67 bits per heavy atom. The van der Waals surface area contributed by atoms with E-state index in [1.807, 2.05) is 20.8 Å². The molecular weight excluding hydrogens is 232 g/mol. The van der Waals surface area contributed by atoms with Gasteiger partial charge in [-0.25, -0.2) is 0 Å². The van der Waals surface area contributed by atoms with Crippen LogP contribution in [0.2, 0.25) is 0 Å². The molecule has 5 heteroatoms. The standard InChI is InChI=1S/C13H20N2O3/c1-13(2,3)10-8-9(18-14-10)12(17)15-7-5-4-6-11(15)16/h9H,4-8H2,1-3H3/t9-/m0/s1. The van der Waals surface area contributed by atoms with Gasteiger partial charge < -0.3 is 4.84 Å². The van der Waals surface area contributed by atoms with Crippen molar-refractivity contribution in [2.24, 2.45) is 10.6 Å². The maximum Gasteiger partial charge on any atom is 0.273 e. The zero-order chi connectivity index (χ0) is 13.3. The van der Waals surface area contributed by atoms with Crippen molar-refractivity contribution in [3.8, 4) is 0 Å². The maximum absolute atomic E-state index is 12.2. The van der Waals surface area contributed by atoms with Crippen LogP contribution < -0.4 is 0 Å². The highest BCUT2D eigenvalue weighted by Crippen LogP contribution is 2.26. The number of amides is 2. The quantitative estimate of drug-likeness (QED) is 0.668. The fourth-order valence-electron chi connectivity index (χ4n) is 2.17. The highest BCUT2D eigenvalue weighted by Gasteiger charge is 2.38. The lowest BCUT2D eigenvalue weighted by Crippen LogP contribution is -2.45. The molecule has 0 unspecified atom stereocenters. The largest absolute Gasteiger partial charge is 0.382 e. The number of carbonyl (C=O) groups excluding carboxylic acids is 2. The molecule has 18 heavy (non-hydrogen) atoms. The Morgan fingerprint density at radius 1 is 1.39 bits per heavy atom. The SMILES string of the molecule is CC(C)(C)C1=NO[C@H](C(=O)N2CCCCC2=O)C1. The first-order valence-electron chi connectivity index (χ1n) is 6.47. The molecule has 1 fully saturated rings. The third-order valence-electron chi connectivity index (χ3n) is 3.40. The van der Waals surface area contributed by atoms with Gasteiger partial charge in [0.05, 0.1) is 5.71 Å². The summed E-state index contributed by atoms with van der Waals surface area (Å²) in [5, 5.41) is 3.99. The maximum atomic E-state index is 12.2. The van der Waals surface area contributed by atoms with Crippen LogP contribution in [0.15, 0.2) is 5.16 Å². The average Bonchev–Trinajstić information content (AvgIpc) is 2.77. The highest BCUT2D eigenvalue weighted by molar-refractivity contribution is 6.01. The first kappa shape index (κ1) is 13.1. The van der Waals surface area contributed by atoms with Crippen LogP contribution in [0.4, 0.5) is 0 Å². The summed E-state index contributed by atoms with van der Waals surface area (Å²) in [5.41, 5.74) is 0.784. The lowest BCUT2D eigenvalue weighted by atomic mass is 9.87. The average molecular weight is 252 g/mol. The Labute approximate surface area is 107 Å². The van der Waals surface area contributed by atoms with Crippen LogP contribution in [-0.4, -0.2) is 35.1 Å². The van der Waals surface area contributed by atoms with Crippen molar-refractivity contribution in [2.75, 3.05) is 6.54 Å². The number of hydrogen-bond donors (Lipinski definition) is 0. The first-order chi connectivity index (χ1) is 8.39. The Hall–Kier alpha value is -1.39. The second-order valence-corrected chi connectivity index (χ2v) is 5.93. The fourth-order valence-corrected chi connectivity index (χ4v) is 2.17. The van der Waals surface area contributed by atoms with Crippen molar-refractivity contribution in [3.63, 3.8) is 0 Å². The van der Waals surface area contributed by atoms with Gasteiger partial charge >= 0.3 is 0 Å². The summed E-state index contributed by atoms with van der Waals surface area (Å²) in [6.45, 7) is 6.62. The van der Waals surface area contributed by atoms with Crippen molar-refractivity contribution in [1.82, 2.24) is 4.90 Å². The van der Waals surface area contributed by atoms with E-state index in [2.05, 4.69) is 5.16 Å². The lowest BCUT2D eigenvalue weighted by molar-refractivity contribution is -0.153. The molecule has 0 radical (unpaired) electrons. The van der Waals surface area contributed by atoms with E-state index in [0.717, 1.165) is 18.6 Å². The fraction of sp³-hybridized carbons (Fsp3) is 0.769. The molecule has 2 amide bonds. The molecule has 0 spiro atoms. The highest BCUT2D eigenvalue weighted by atomic mass is 16.6. The minimum atomic E-state index is -0.610. The van der Waals surface area contributed by atoms with E-state index in [1.54, 1.807) is 0 Å². The second kappa shape index (κ2) is 4.71. The van der Waals surface area contributed by atoms with E-state index >= 15 is 0 Å². The molecule has 1 atom stereocenters. The van der Waals surface area contributed by atoms with Crippen molar-refractivity contribution in [3.05, 3.63) is 0 Å². The van der Waals surface area contributed by atoms with Gasteiger partial charge in [0.2, 0.25) is 12.0 Å². The molecule has 0 saturated carbocycles. The molecule has 2 aliphatic heterocycles. The van der Waals surface area contributed by atoms with Crippen LogP contribution in [0, 0.1) is 5.41 Å². The summed E-state index contributed by atoms with van der Waals surface area (Å²) in [4.78, 5) is 30.4. The second-order valence-electron chi connectivity index (χ2n) is 5.93. The van der Waals surface area contributed by atoms with Crippen molar-refractivity contribution < 1.29 is 14.4 Å². The number of imide groups is 1. The number of piperidine rings is 1. The monoisotopic (exact) mass is 252 g/mol. The molecule has 0 aromatic carbocycles. The minimum Gasteiger partial charge on any atom is -0.382 e. The van der Waals surface area contributed by atoms with Crippen molar-refractivity contribution in [1.29, 1.82) is 0 Å². The summed E-state index contributed by atoms with van der Waals surface area (Å²) in [7, 11) is 0. The smallest absolute Gasteiger partial charge is 0.273 e. The molecule has 2 heterocycles. The van der Waals surface area contributed by atoms with Gasteiger partial charge in [-0.3, -0.25) is 14.5 Å². The van der Waals surface area contributed by atoms with Crippen LogP contribution in [0.5, 0.6) is 0 Å². The molecule has 0 bridgehead atoms. The van der Waals surface area contributed by atoms with Crippen LogP contribution in [0.1, 0.15) is 46.5 Å². The van der Waals surface area contributed by atoms with E-state index in [-0.39, 0.29) is 17.2 Å². The number of oxime groups is 1. The Bertz CT molecular complexity index is 396. The van der Waals surface area contributed by atoms with E-state index in [4.69, 9.17) is 4.84 Å². The van der Waals surface area contributed by atoms with E-state index in [9.17, 15) is 9.59 Å². The van der Waals surface area contributed by atoms with Gasteiger partial charge in [-0.2, -0.15) is 0 Å². The zero-order valence-corrected chi connectivity index (χ0v) is 11.2. The predicted octanol–water partition coefficient (Wildman–Crippen LogP) is 1.72. The lowest BCUT2D eigenvalue weighted by Gasteiger charge is -2.26. The van der Waals surface area contributed by atoms with E-state index in [1.165, 1.54) is 4.90 Å². The predicted molar refractivity (Wildman–Crippen MR) is 67.0 cm³/mol. The molecule has 5 nitrogen and oxygen atoms in total. The van der Waals surface area contributed by atoms with Crippen LogP contribution in [0.3, 0.4) is 0 Å². The zero-order valence-electron chi connectivity index (χ0n) is 11.2. The topological polar surface area (TPSA) is 59.0 Å². The van der Waals surface area contributed by atoms with E-state index in [0.29, 0.717) is 19.4 Å². The summed E-state index contributed by atoms with van der Waals surface area (Å²) in [6.07, 6.45) is 2.10. The molecule has 2 rings (SSSR count). The Kier molecular flexibility index (Phi) is 3.41. The number of carbonyl (C=O) groups is 2. The van der Waals surface area contributed by atoms with Gasteiger partial charge in [-0.05, 0) is 12.8 Å². The van der Waals surface area contributed by atoms with Crippen LogP contribution >= 0.6 is 0 Å². The van der Waals surface area contributed by atoms with Gasteiger partial charge in [-0.1, -0.05) is 25.9 Å². The molecule has 1 saturated heterocycles. The van der Waals surface area contributed by atoms with Crippen LogP contribution in [-0.2, 0) is 14.4 Å². The molecular formula is C13H20N2O3. The molecule has 0 aliphatic carbocycles. The van der Waals surface area contributed by atoms with Crippen LogP contribution in [0.25, 0.3) is 0 Å². The Morgan fingerprint density at radius 2 is 2.11 bits per heavy atom. The number of rotatable bonds is 1. The van der Waals surface area contributed by atoms with Gasteiger partial charge in [0.25, 0.3) is 5.91 Å². The van der Waals surface area contributed by atoms with E-state index < -0.39 is 6.10 Å². The normalized spacial score (nSPS) is 24.8. The third kappa shape index (κ3) is 2.54. The minimum absolute atomic E-state index is 0.0842. The third-order valence-corrected chi connectivity index (χ3v) is 3.40. The summed E-state index contributed by atoms with van der Waals surface area (Å²) in [5.74, 6) is -0.318. The molecule has 0 aromatic heterocycles. The summed E-state index contributed by atoms with van der Waals surface area (Å²) >= 11 is 0. The Balaban J connectivity index is 1.98. The van der Waals surface area contributed by atoms with Gasteiger partial charge in [0.1, 0.15) is 0 Å². The number of nitrogens with zero attached hydrogens (tertiary/aromatic N) is 2. The molecule has 0 N–H and O–H groups in total. The van der Waals surface area contributed by atoms with Crippen molar-refractivity contribution >= 4 is 17.5 Å². The molecule has 100 valence electrons.